The fraction of sp³-hybridized carbons (Fsp3) is 0.222. The molecule has 1 N–H and O–H groups in total. The van der Waals surface area contributed by atoms with E-state index in [0.29, 0.717) is 23.8 Å². The number of hydrogen-bond donors (Lipinski definition) is 1. The highest BCUT2D eigenvalue weighted by Crippen LogP contribution is 2.26. The number of aryl methyl sites for hydroxylation is 2. The van der Waals surface area contributed by atoms with E-state index in [9.17, 15) is 4.79 Å². The van der Waals surface area contributed by atoms with Crippen LogP contribution >= 0.6 is 11.8 Å². The van der Waals surface area contributed by atoms with Crippen LogP contribution in [0.5, 0.6) is 0 Å². The third-order valence-corrected chi connectivity index (χ3v) is 4.96. The van der Waals surface area contributed by atoms with Crippen molar-refractivity contribution in [3.05, 3.63) is 47.7 Å². The predicted octanol–water partition coefficient (Wildman–Crippen LogP) is 3.61. The fourth-order valence-corrected chi connectivity index (χ4v) is 3.72. The molecule has 4 aromatic rings. The molecule has 0 saturated heterocycles. The van der Waals surface area contributed by atoms with Gasteiger partial charge in [-0.2, -0.15) is 0 Å². The zero-order valence-electron chi connectivity index (χ0n) is 14.4. The summed E-state index contributed by atoms with van der Waals surface area (Å²) >= 11 is 1.51. The van der Waals surface area contributed by atoms with Crippen molar-refractivity contribution in [2.45, 2.75) is 25.4 Å². The number of nitrogens with zero attached hydrogens (tertiary/aromatic N) is 4. The van der Waals surface area contributed by atoms with Gasteiger partial charge in [-0.15, -0.1) is 10.2 Å². The lowest BCUT2D eigenvalue weighted by Gasteiger charge is -2.07. The number of pyridine rings is 1. The Kier molecular flexibility index (Phi) is 4.34. The van der Waals surface area contributed by atoms with E-state index < -0.39 is 0 Å². The summed E-state index contributed by atoms with van der Waals surface area (Å²) in [6.07, 6.45) is 0.343. The average Bonchev–Trinajstić information content (AvgIpc) is 3.21. The quantitative estimate of drug-likeness (QED) is 0.542. The third-order valence-electron chi connectivity index (χ3n) is 4.03. The molecule has 7 nitrogen and oxygen atoms in total. The number of benzene rings is 1. The molecule has 0 saturated carbocycles. The Labute approximate surface area is 153 Å². The minimum atomic E-state index is -0.111. The van der Waals surface area contributed by atoms with Gasteiger partial charge in [-0.3, -0.25) is 9.20 Å². The smallest absolute Gasteiger partial charge is 0.226 e. The number of fused-ring (bicyclic) bond motifs is 3. The molecule has 8 heteroatoms. The summed E-state index contributed by atoms with van der Waals surface area (Å²) in [4.78, 5) is 12.0. The number of nitrogens with one attached hydrogen (secondary N) is 1. The Hall–Kier alpha value is -2.87. The summed E-state index contributed by atoms with van der Waals surface area (Å²) in [5.41, 5.74) is 3.04. The highest BCUT2D eigenvalue weighted by molar-refractivity contribution is 7.99. The van der Waals surface area contributed by atoms with E-state index in [4.69, 9.17) is 4.52 Å². The summed E-state index contributed by atoms with van der Waals surface area (Å²) in [7, 11) is 0. The molecule has 0 radical (unpaired) electrons. The second-order valence-corrected chi connectivity index (χ2v) is 7.05. The second-order valence-electron chi connectivity index (χ2n) is 5.99. The summed E-state index contributed by atoms with van der Waals surface area (Å²) in [6, 6.07) is 11.9. The van der Waals surface area contributed by atoms with Gasteiger partial charge in [-0.1, -0.05) is 35.1 Å². The summed E-state index contributed by atoms with van der Waals surface area (Å²) in [5, 5.41) is 17.0. The molecule has 1 amide bonds. The van der Waals surface area contributed by atoms with Gasteiger partial charge < -0.3 is 9.84 Å². The van der Waals surface area contributed by atoms with Crippen LogP contribution in [0.1, 0.15) is 17.7 Å². The van der Waals surface area contributed by atoms with Crippen molar-refractivity contribution in [3.8, 4) is 0 Å². The first kappa shape index (κ1) is 16.6. The Balaban J connectivity index is 1.49. The molecule has 0 unspecified atom stereocenters. The maximum atomic E-state index is 12.0. The van der Waals surface area contributed by atoms with E-state index in [0.717, 1.165) is 16.3 Å². The van der Waals surface area contributed by atoms with E-state index in [1.165, 1.54) is 22.7 Å². The lowest BCUT2D eigenvalue weighted by atomic mass is 10.1. The van der Waals surface area contributed by atoms with Crippen LogP contribution in [-0.4, -0.2) is 31.4 Å². The number of aromatic nitrogens is 4. The van der Waals surface area contributed by atoms with E-state index in [2.05, 4.69) is 39.7 Å². The van der Waals surface area contributed by atoms with E-state index in [1.807, 2.05) is 22.6 Å². The molecule has 0 bridgehead atoms. The largest absolute Gasteiger partial charge is 0.360 e. The van der Waals surface area contributed by atoms with Gasteiger partial charge in [-0.25, -0.2) is 0 Å². The van der Waals surface area contributed by atoms with Crippen molar-refractivity contribution < 1.29 is 9.32 Å². The first-order valence-electron chi connectivity index (χ1n) is 8.21. The van der Waals surface area contributed by atoms with Gasteiger partial charge in [0.25, 0.3) is 0 Å². The van der Waals surface area contributed by atoms with Gasteiger partial charge in [0, 0.05) is 23.6 Å². The van der Waals surface area contributed by atoms with Crippen LogP contribution in [0, 0.1) is 13.8 Å². The van der Waals surface area contributed by atoms with Crippen LogP contribution in [0.4, 0.5) is 5.82 Å². The molecular formula is C18H17N5O2S. The lowest BCUT2D eigenvalue weighted by Crippen LogP contribution is -2.12. The van der Waals surface area contributed by atoms with Crippen molar-refractivity contribution in [3.63, 3.8) is 0 Å². The van der Waals surface area contributed by atoms with Crippen LogP contribution in [0.15, 0.2) is 46.1 Å². The van der Waals surface area contributed by atoms with Crippen molar-refractivity contribution in [1.29, 1.82) is 0 Å². The normalized spacial score (nSPS) is 11.3. The van der Waals surface area contributed by atoms with Crippen molar-refractivity contribution >= 4 is 40.0 Å². The fourth-order valence-electron chi connectivity index (χ4n) is 2.83. The van der Waals surface area contributed by atoms with Crippen molar-refractivity contribution in [2.24, 2.45) is 0 Å². The molecule has 0 atom stereocenters. The van der Waals surface area contributed by atoms with Crippen LogP contribution in [0.25, 0.3) is 16.6 Å². The van der Waals surface area contributed by atoms with Gasteiger partial charge in [0.15, 0.2) is 16.6 Å². The number of amides is 1. The number of anilines is 1. The number of hydrogen-bond acceptors (Lipinski definition) is 6. The molecule has 0 fully saturated rings. The van der Waals surface area contributed by atoms with Gasteiger partial charge in [0.2, 0.25) is 5.91 Å². The van der Waals surface area contributed by atoms with E-state index in [1.54, 1.807) is 13.0 Å². The maximum absolute atomic E-state index is 12.0. The standard InChI is InChI=1S/C18H17N5O2S/c1-11-9-16-20-21-18(23(16)14-6-4-3-5-13(11)14)26-8-7-17(24)19-15-10-12(2)25-22-15/h3-6,9-10H,7-8H2,1-2H3,(H,19,22,24). The molecule has 1 aromatic carbocycles. The Morgan fingerprint density at radius 1 is 1.23 bits per heavy atom. The number of carbonyl (C=O) groups is 1. The molecule has 0 aliphatic carbocycles. The molecule has 0 spiro atoms. The number of carbonyl (C=O) groups excluding carboxylic acids is 1. The van der Waals surface area contributed by atoms with Crippen LogP contribution in [0.3, 0.4) is 0 Å². The Morgan fingerprint density at radius 3 is 2.88 bits per heavy atom. The monoisotopic (exact) mass is 367 g/mol. The van der Waals surface area contributed by atoms with E-state index in [-0.39, 0.29) is 5.91 Å². The van der Waals surface area contributed by atoms with Crippen molar-refractivity contribution in [2.75, 3.05) is 11.1 Å². The minimum absolute atomic E-state index is 0.111. The Morgan fingerprint density at radius 2 is 2.08 bits per heavy atom. The zero-order valence-corrected chi connectivity index (χ0v) is 15.2. The number of thioether (sulfide) groups is 1. The summed E-state index contributed by atoms with van der Waals surface area (Å²) < 4.78 is 6.97. The summed E-state index contributed by atoms with van der Waals surface area (Å²) in [6.45, 7) is 3.85. The molecule has 4 rings (SSSR count). The molecule has 132 valence electrons. The highest BCUT2D eigenvalue weighted by Gasteiger charge is 2.12. The third kappa shape index (κ3) is 3.15. The first-order valence-corrected chi connectivity index (χ1v) is 9.20. The average molecular weight is 367 g/mol. The zero-order chi connectivity index (χ0) is 18.1. The SMILES string of the molecule is Cc1cc(NC(=O)CCSc2nnc3cc(C)c4ccccc4n23)no1. The highest BCUT2D eigenvalue weighted by atomic mass is 32.2. The molecular weight excluding hydrogens is 350 g/mol. The van der Waals surface area contributed by atoms with Gasteiger partial charge >= 0.3 is 0 Å². The molecule has 3 heterocycles. The Bertz CT molecular complexity index is 1100. The van der Waals surface area contributed by atoms with Crippen LogP contribution < -0.4 is 5.32 Å². The summed E-state index contributed by atoms with van der Waals surface area (Å²) in [5.74, 6) is 1.57. The molecule has 0 aliphatic rings. The number of rotatable bonds is 5. The van der Waals surface area contributed by atoms with E-state index >= 15 is 0 Å². The molecule has 26 heavy (non-hydrogen) atoms. The first-order chi connectivity index (χ1) is 12.6. The maximum Gasteiger partial charge on any atom is 0.226 e. The molecule has 0 aliphatic heterocycles. The predicted molar refractivity (Wildman–Crippen MR) is 100 cm³/mol. The minimum Gasteiger partial charge on any atom is -0.360 e. The van der Waals surface area contributed by atoms with Gasteiger partial charge in [-0.05, 0) is 31.5 Å². The van der Waals surface area contributed by atoms with Gasteiger partial charge in [0.1, 0.15) is 5.76 Å². The molecule has 3 aromatic heterocycles. The second kappa shape index (κ2) is 6.80. The van der Waals surface area contributed by atoms with Crippen LogP contribution in [-0.2, 0) is 4.79 Å². The van der Waals surface area contributed by atoms with Crippen LogP contribution in [0.2, 0.25) is 0 Å². The number of para-hydroxylation sites is 1. The van der Waals surface area contributed by atoms with Gasteiger partial charge in [0.05, 0.1) is 5.52 Å². The lowest BCUT2D eigenvalue weighted by molar-refractivity contribution is -0.115. The van der Waals surface area contributed by atoms with Crippen molar-refractivity contribution in [1.82, 2.24) is 19.8 Å². The topological polar surface area (TPSA) is 85.3 Å².